The number of halogens is 1. The summed E-state index contributed by atoms with van der Waals surface area (Å²) in [5.41, 5.74) is 26.3. The van der Waals surface area contributed by atoms with Crippen LogP contribution < -0.4 is 5.46 Å². The zero-order chi connectivity index (χ0) is 71.2. The lowest BCUT2D eigenvalue weighted by molar-refractivity contribution is 0.00578. The molecule has 12 aromatic carbocycles. The Balaban J connectivity index is 0.000000134. The zero-order valence-electron chi connectivity index (χ0n) is 57.4. The Morgan fingerprint density at radius 2 is 0.692 bits per heavy atom. The second-order valence-corrected chi connectivity index (χ2v) is 26.8. The normalized spacial score (nSPS) is 12.7. The van der Waals surface area contributed by atoms with Crippen LogP contribution in [-0.4, -0.2) is 38.3 Å². The number of oxazole rings is 2. The van der Waals surface area contributed by atoms with Crippen molar-refractivity contribution in [1.82, 2.24) is 19.9 Å². The van der Waals surface area contributed by atoms with E-state index >= 15 is 0 Å². The molecular formula is C92H66BClN6O4. The smallest absolute Gasteiger partial charge is 0.436 e. The number of rotatable bonds is 12. The Labute approximate surface area is 609 Å². The second kappa shape index (κ2) is 29.4. The van der Waals surface area contributed by atoms with E-state index in [0.29, 0.717) is 28.1 Å². The Hall–Kier alpha value is -12.9. The van der Waals surface area contributed by atoms with Crippen LogP contribution in [0.1, 0.15) is 33.3 Å². The maximum absolute atomic E-state index is 9.08. The average Bonchev–Trinajstić information content (AvgIpc) is 1.60. The molecular weight excluding hydrogens is 1300 g/mol. The fourth-order valence-corrected chi connectivity index (χ4v) is 12.7. The fourth-order valence-electron chi connectivity index (χ4n) is 12.6. The Morgan fingerprint density at radius 1 is 0.365 bits per heavy atom. The first-order valence-electron chi connectivity index (χ1n) is 34.2. The highest BCUT2D eigenvalue weighted by atomic mass is 35.5. The van der Waals surface area contributed by atoms with Crippen molar-refractivity contribution in [3.63, 3.8) is 0 Å². The van der Waals surface area contributed by atoms with E-state index in [0.717, 1.165) is 139 Å². The molecule has 0 spiro atoms. The summed E-state index contributed by atoms with van der Waals surface area (Å²) in [5, 5.41) is 9.76. The number of nitrogens with zero attached hydrogens (tertiary/aromatic N) is 6. The molecule has 104 heavy (non-hydrogen) atoms. The summed E-state index contributed by atoms with van der Waals surface area (Å²) in [4.78, 5) is 21.8. The lowest BCUT2D eigenvalue weighted by atomic mass is 9.78. The van der Waals surface area contributed by atoms with E-state index in [2.05, 4.69) is 218 Å². The van der Waals surface area contributed by atoms with Crippen LogP contribution >= 0.6 is 11.6 Å². The zero-order valence-corrected chi connectivity index (χ0v) is 58.2. The first-order valence-corrected chi connectivity index (χ1v) is 34.6. The summed E-state index contributed by atoms with van der Waals surface area (Å²) in [5.74, 6) is 1.16. The van der Waals surface area contributed by atoms with Gasteiger partial charge in [0.2, 0.25) is 11.8 Å². The van der Waals surface area contributed by atoms with Crippen LogP contribution in [0.3, 0.4) is 0 Å². The minimum absolute atomic E-state index is 0.327. The molecule has 498 valence electrons. The summed E-state index contributed by atoms with van der Waals surface area (Å²) >= 11 is 6.07. The molecule has 17 rings (SSSR count). The number of fused-ring (bicyclic) bond motifs is 2. The molecule has 5 heterocycles. The molecule has 12 heteroatoms. The van der Waals surface area contributed by atoms with E-state index in [-0.39, 0.29) is 18.3 Å². The van der Waals surface area contributed by atoms with Crippen molar-refractivity contribution in [2.24, 2.45) is 0 Å². The molecule has 16 aromatic rings. The number of aromatic nitrogens is 4. The first kappa shape index (κ1) is 67.0. The molecule has 4 aromatic heterocycles. The van der Waals surface area contributed by atoms with Crippen LogP contribution in [0, 0.1) is 17.9 Å². The van der Waals surface area contributed by atoms with E-state index in [1.807, 2.05) is 146 Å². The number of hydrogen-bond donors (Lipinski definition) is 0. The molecule has 1 fully saturated rings. The molecule has 0 atom stereocenters. The van der Waals surface area contributed by atoms with Crippen molar-refractivity contribution in [3.8, 4) is 129 Å². The van der Waals surface area contributed by atoms with E-state index in [9.17, 15) is 0 Å². The standard InChI is InChI=1S/C43H27N3O.C30H19ClN2O.C19H20BNO2/c44-27-29-8-10-30(11-9-29)31-12-14-32(15-13-31)33-20-22-37(23-21-33)43-46-42-40(36-5-2-1-3-6-36)25-39(26-41(42)47-43)35-18-16-34(17-19-35)38-7-4-24-45-28-38;31-26-14-12-23(13-15-26)30-33-29-27(22-5-2-1-3-6-22)17-25(18-28(29)34-30)21-10-8-20(9-11-21)24-7-4-16-32-19-24;1-18(2)19(3,4)23-20(22-18)16-10-6-14(7-11-16)15-8-12-17(21-5)13-9-15/h1-26,28H;1-19H;6-13H,1-4H3. The van der Waals surface area contributed by atoms with Gasteiger partial charge in [0.15, 0.2) is 16.9 Å². The quantitative estimate of drug-likeness (QED) is 0.0868. The lowest BCUT2D eigenvalue weighted by Gasteiger charge is -2.32. The SMILES string of the molecule is Clc1ccc(-c2nc3c(-c4ccccc4)cc(-c4ccc(-c5cccnc5)cc4)cc3o2)cc1.N#Cc1ccc(-c2ccc(-c3ccc(-c4nc5c(-c6ccccc6)cc(-c6ccc(-c7cccnc7)cc6)cc5o4)cc3)cc2)cc1.[C-]#[N+]c1ccc(-c2ccc(B3OC(C)(C)C(C)(C)O3)cc2)cc1. The van der Waals surface area contributed by atoms with Gasteiger partial charge in [0, 0.05) is 52.1 Å². The van der Waals surface area contributed by atoms with Crippen LogP contribution in [-0.2, 0) is 9.31 Å². The van der Waals surface area contributed by atoms with Gasteiger partial charge >= 0.3 is 7.12 Å². The van der Waals surface area contributed by atoms with Gasteiger partial charge in [0.1, 0.15) is 11.0 Å². The number of pyridine rings is 2. The maximum Gasteiger partial charge on any atom is 0.494 e. The molecule has 1 aliphatic heterocycles. The summed E-state index contributed by atoms with van der Waals surface area (Å²) < 4.78 is 24.8. The number of hydrogen-bond acceptors (Lipinski definition) is 9. The van der Waals surface area contributed by atoms with E-state index in [1.54, 1.807) is 12.4 Å². The van der Waals surface area contributed by atoms with Gasteiger partial charge in [-0.25, -0.2) is 14.8 Å². The molecule has 0 bridgehead atoms. The van der Waals surface area contributed by atoms with Gasteiger partial charge in [-0.2, -0.15) is 5.26 Å². The van der Waals surface area contributed by atoms with Crippen molar-refractivity contribution in [2.75, 3.05) is 0 Å². The first-order chi connectivity index (χ1) is 50.8. The summed E-state index contributed by atoms with van der Waals surface area (Å²) in [6.45, 7) is 15.2. The molecule has 0 radical (unpaired) electrons. The van der Waals surface area contributed by atoms with Crippen LogP contribution in [0.15, 0.2) is 337 Å². The van der Waals surface area contributed by atoms with Gasteiger partial charge < -0.3 is 18.1 Å². The van der Waals surface area contributed by atoms with Crippen molar-refractivity contribution in [2.45, 2.75) is 38.9 Å². The van der Waals surface area contributed by atoms with Crippen LogP contribution in [0.25, 0.3) is 150 Å². The summed E-state index contributed by atoms with van der Waals surface area (Å²) in [6, 6.07) is 104. The summed E-state index contributed by atoms with van der Waals surface area (Å²) in [7, 11) is -0.335. The molecule has 1 aliphatic rings. The van der Waals surface area contributed by atoms with Crippen molar-refractivity contribution in [1.29, 1.82) is 5.26 Å². The van der Waals surface area contributed by atoms with Crippen molar-refractivity contribution >= 4 is 52.1 Å². The van der Waals surface area contributed by atoms with Crippen LogP contribution in [0.2, 0.25) is 5.02 Å². The van der Waals surface area contributed by atoms with Gasteiger partial charge in [0.25, 0.3) is 0 Å². The summed E-state index contributed by atoms with van der Waals surface area (Å²) in [6.07, 6.45) is 7.33. The molecule has 0 unspecified atom stereocenters. The highest BCUT2D eigenvalue weighted by Gasteiger charge is 2.51. The lowest BCUT2D eigenvalue weighted by Crippen LogP contribution is -2.41. The van der Waals surface area contributed by atoms with Gasteiger partial charge in [0.05, 0.1) is 29.4 Å². The highest BCUT2D eigenvalue weighted by Crippen LogP contribution is 2.41. The predicted octanol–water partition coefficient (Wildman–Crippen LogP) is 23.8. The van der Waals surface area contributed by atoms with E-state index < -0.39 is 0 Å². The van der Waals surface area contributed by atoms with Gasteiger partial charge in [-0.05, 0) is 207 Å². The van der Waals surface area contributed by atoms with E-state index in [4.69, 9.17) is 51.5 Å². The fraction of sp³-hybridized carbons (Fsp3) is 0.0652. The van der Waals surface area contributed by atoms with Gasteiger partial charge in [-0.15, -0.1) is 0 Å². The van der Waals surface area contributed by atoms with Gasteiger partial charge in [-0.3, -0.25) is 9.97 Å². The Morgan fingerprint density at radius 3 is 1.06 bits per heavy atom. The third kappa shape index (κ3) is 14.6. The predicted molar refractivity (Wildman–Crippen MR) is 422 cm³/mol. The number of benzene rings is 12. The van der Waals surface area contributed by atoms with Gasteiger partial charge in [-0.1, -0.05) is 230 Å². The topological polar surface area (TPSA) is 124 Å². The Bertz CT molecular complexity index is 5730. The maximum atomic E-state index is 9.08. The third-order valence-electron chi connectivity index (χ3n) is 19.1. The second-order valence-electron chi connectivity index (χ2n) is 26.4. The monoisotopic (exact) mass is 1360 g/mol. The van der Waals surface area contributed by atoms with E-state index in [1.165, 1.54) is 0 Å². The van der Waals surface area contributed by atoms with Crippen molar-refractivity contribution < 1.29 is 18.1 Å². The highest BCUT2D eigenvalue weighted by molar-refractivity contribution is 6.62. The van der Waals surface area contributed by atoms with Crippen molar-refractivity contribution in [3.05, 3.63) is 350 Å². The average molecular weight is 1370 g/mol. The molecule has 0 aliphatic carbocycles. The molecule has 10 nitrogen and oxygen atoms in total. The number of nitriles is 1. The molecule has 0 amide bonds. The minimum atomic E-state index is -0.335. The molecule has 0 saturated carbocycles. The Kier molecular flexibility index (Phi) is 18.9. The molecule has 1 saturated heterocycles. The van der Waals surface area contributed by atoms with Crippen LogP contribution in [0.4, 0.5) is 5.69 Å². The van der Waals surface area contributed by atoms with Crippen LogP contribution in [0.5, 0.6) is 0 Å². The largest absolute Gasteiger partial charge is 0.494 e. The molecule has 0 N–H and O–H groups in total. The third-order valence-corrected chi connectivity index (χ3v) is 19.4. The minimum Gasteiger partial charge on any atom is -0.436 e.